The van der Waals surface area contributed by atoms with Crippen molar-refractivity contribution in [2.24, 2.45) is 15.7 Å². The molecule has 2 rings (SSSR count). The molecule has 0 aliphatic heterocycles. The normalized spacial score (nSPS) is 12.9. The van der Waals surface area contributed by atoms with Crippen LogP contribution in [0.3, 0.4) is 0 Å². The number of benzene rings is 2. The first kappa shape index (κ1) is 70.1. The maximum absolute atomic E-state index is 13.6. The fourth-order valence-corrected chi connectivity index (χ4v) is 9.61. The summed E-state index contributed by atoms with van der Waals surface area (Å²) < 4.78 is 57.2. The van der Waals surface area contributed by atoms with Gasteiger partial charge < -0.3 is 61.8 Å². The molecule has 31 nitrogen and oxygen atoms in total. The van der Waals surface area contributed by atoms with Gasteiger partial charge in [0.05, 0.1) is 66.4 Å². The van der Waals surface area contributed by atoms with Crippen LogP contribution in [0.25, 0.3) is 0 Å². The van der Waals surface area contributed by atoms with Crippen molar-refractivity contribution in [1.29, 1.82) is 0 Å². The second kappa shape index (κ2) is 33.1. The number of sulfonamides is 2. The lowest BCUT2D eigenvalue weighted by Crippen LogP contribution is -2.58. The van der Waals surface area contributed by atoms with E-state index in [2.05, 4.69) is 36.6 Å². The molecule has 14 N–H and O–H groups in total. The molecule has 0 bridgehead atoms. The van der Waals surface area contributed by atoms with Crippen LogP contribution < -0.4 is 42.2 Å². The van der Waals surface area contributed by atoms with Crippen molar-refractivity contribution in [3.63, 3.8) is 0 Å². The van der Waals surface area contributed by atoms with E-state index in [1.54, 1.807) is 13.8 Å². The van der Waals surface area contributed by atoms with E-state index >= 15 is 0 Å². The van der Waals surface area contributed by atoms with Crippen LogP contribution in [-0.2, 0) is 82.3 Å². The molecule has 0 radical (unpaired) electrons. The minimum Gasteiger partial charge on any atom is -0.481 e. The summed E-state index contributed by atoms with van der Waals surface area (Å²) in [4.78, 5) is 139. The third-order valence-electron chi connectivity index (χ3n) is 10.9. The number of nitrogens with two attached hydrogens (primary N) is 2. The van der Waals surface area contributed by atoms with Crippen molar-refractivity contribution in [3.8, 4) is 0 Å². The molecule has 0 saturated carbocycles. The molecule has 0 fully saturated rings. The predicted molar refractivity (Wildman–Crippen MR) is 290 cm³/mol. The summed E-state index contributed by atoms with van der Waals surface area (Å²) in [6.07, 6.45) is -2.02. The Kier molecular flexibility index (Phi) is 28.6. The second-order valence-corrected chi connectivity index (χ2v) is 24.6. The van der Waals surface area contributed by atoms with Crippen LogP contribution >= 0.6 is 21.6 Å². The molecule has 6 amide bonds. The highest BCUT2D eigenvalue weighted by atomic mass is 33.1. The fourth-order valence-electron chi connectivity index (χ4n) is 6.59. The molecule has 35 heteroatoms. The predicted octanol–water partition coefficient (Wildman–Crippen LogP) is -2.38. The van der Waals surface area contributed by atoms with Crippen LogP contribution in [0.4, 0.5) is 11.4 Å². The maximum atomic E-state index is 13.6. The average Bonchev–Trinajstić information content (AvgIpc) is 3.37. The molecular formula is C46H66N10O21S4. The Morgan fingerprint density at radius 1 is 0.630 bits per heavy atom. The summed E-state index contributed by atoms with van der Waals surface area (Å²) in [5.74, 6) is -11.5. The van der Waals surface area contributed by atoms with Gasteiger partial charge in [0.15, 0.2) is 0 Å². The molecule has 0 unspecified atom stereocenters. The summed E-state index contributed by atoms with van der Waals surface area (Å²) in [7, 11) is -5.99. The first-order valence-electron chi connectivity index (χ1n) is 23.9. The van der Waals surface area contributed by atoms with Crippen molar-refractivity contribution < 1.29 is 99.5 Å². The standard InChI is InChI=1S/C46H66N10O21S4/c1-45(2,44(71)54-33(20-39(63)64)42(68)52-32(19-38(61)62)41(67)53-34(43(69)70)25-79-78-18-17-76-27-57)26-77-46(3,4)13-14-49-35(58)21-55(22-36(59)50-28-5-9-30(10-6-28)80(47,72)73)15-16-56(24-40(65)66)23-37(60)51-29-7-11-31(12-8-29)81(48,74)75/h5-12,27,32-34H,13-26H2,1-4H3,(H,49,58)(H,50,59)(H,51,60)(H,52,68)(H,53,67)(H,54,71)(H,61,62)(H,63,64)(H,65,66)(H,69,70)(H2,47,72,73)(H2,48,74,75)/t32-,33-,34-/m0/s1. The monoisotopic (exact) mass is 1220 g/mol. The van der Waals surface area contributed by atoms with E-state index < -0.39 is 148 Å². The van der Waals surface area contributed by atoms with Gasteiger partial charge in [-0.15, -0.1) is 0 Å². The fraction of sp³-hybridized carbons (Fsp3) is 0.500. The van der Waals surface area contributed by atoms with Crippen LogP contribution in [0.15, 0.2) is 58.3 Å². The number of anilines is 2. The molecule has 2 aromatic carbocycles. The number of carboxylic acids is 4. The van der Waals surface area contributed by atoms with Gasteiger partial charge in [-0.05, 0) is 82.6 Å². The van der Waals surface area contributed by atoms with Crippen molar-refractivity contribution in [2.45, 2.75) is 80.5 Å². The maximum Gasteiger partial charge on any atom is 0.327 e. The third-order valence-corrected chi connectivity index (χ3v) is 15.1. The van der Waals surface area contributed by atoms with E-state index in [1.807, 2.05) is 0 Å². The number of hydrogen-bond acceptors (Lipinski definition) is 21. The number of aliphatic carboxylic acids is 4. The topological polar surface area (TPSA) is 486 Å². The first-order valence-corrected chi connectivity index (χ1v) is 29.5. The van der Waals surface area contributed by atoms with Crippen LogP contribution in [0, 0.1) is 5.41 Å². The largest absolute Gasteiger partial charge is 0.481 e. The average molecular weight is 1220 g/mol. The molecule has 0 aliphatic rings. The minimum atomic E-state index is -4.06. The zero-order valence-corrected chi connectivity index (χ0v) is 47.5. The number of hydrogen-bond donors (Lipinski definition) is 12. The van der Waals surface area contributed by atoms with Crippen LogP contribution in [-0.4, -0.2) is 207 Å². The van der Waals surface area contributed by atoms with Crippen LogP contribution in [0.2, 0.25) is 0 Å². The summed E-state index contributed by atoms with van der Waals surface area (Å²) in [5, 5.41) is 62.8. The van der Waals surface area contributed by atoms with Gasteiger partial charge in [-0.25, -0.2) is 31.9 Å². The van der Waals surface area contributed by atoms with Gasteiger partial charge in [-0.3, -0.25) is 57.7 Å². The summed E-state index contributed by atoms with van der Waals surface area (Å²) >= 11 is 0. The van der Waals surface area contributed by atoms with E-state index in [0.29, 0.717) is 0 Å². The molecule has 2 aromatic rings. The quantitative estimate of drug-likeness (QED) is 0.0189. The van der Waals surface area contributed by atoms with Crippen molar-refractivity contribution >= 4 is 119 Å². The number of rotatable bonds is 39. The second-order valence-electron chi connectivity index (χ2n) is 18.8. The zero-order chi connectivity index (χ0) is 61.3. The van der Waals surface area contributed by atoms with E-state index in [4.69, 9.17) is 15.0 Å². The third kappa shape index (κ3) is 28.3. The summed E-state index contributed by atoms with van der Waals surface area (Å²) in [6.45, 7) is 3.32. The van der Waals surface area contributed by atoms with E-state index in [9.17, 15) is 90.0 Å². The lowest BCUT2D eigenvalue weighted by molar-refractivity contribution is -0.146. The number of amides is 6. The number of carbonyl (C=O) groups is 11. The highest BCUT2D eigenvalue weighted by Crippen LogP contribution is 2.24. The van der Waals surface area contributed by atoms with Crippen LogP contribution in [0.5, 0.6) is 0 Å². The number of carboxylic acid groups (broad SMARTS) is 4. The molecule has 0 heterocycles. The van der Waals surface area contributed by atoms with Gasteiger partial charge in [0.25, 0.3) is 6.47 Å². The Labute approximate surface area is 473 Å². The molecular weight excluding hydrogens is 1160 g/mol. The first-order chi connectivity index (χ1) is 37.6. The van der Waals surface area contributed by atoms with Crippen LogP contribution in [0.1, 0.15) is 47.0 Å². The molecule has 0 aliphatic carbocycles. The molecule has 0 spiro atoms. The highest BCUT2D eigenvalue weighted by Gasteiger charge is 2.37. The number of nitrogens with one attached hydrogen (secondary N) is 6. The van der Waals surface area contributed by atoms with Crippen molar-refractivity contribution in [1.82, 2.24) is 31.1 Å². The Hall–Kier alpha value is -6.99. The molecule has 450 valence electrons. The molecule has 0 aromatic heterocycles. The minimum absolute atomic E-state index is 0.0224. The van der Waals surface area contributed by atoms with E-state index in [-0.39, 0.29) is 78.4 Å². The number of carbonyl (C=O) groups excluding carboxylic acids is 7. The Morgan fingerprint density at radius 2 is 1.07 bits per heavy atom. The molecule has 3 atom stereocenters. The van der Waals surface area contributed by atoms with Gasteiger partial charge in [-0.2, -0.15) is 0 Å². The molecule has 81 heavy (non-hydrogen) atoms. The van der Waals surface area contributed by atoms with Gasteiger partial charge in [0.2, 0.25) is 55.5 Å². The summed E-state index contributed by atoms with van der Waals surface area (Å²) in [6, 6.07) is 4.28. The van der Waals surface area contributed by atoms with Crippen molar-refractivity contribution in [3.05, 3.63) is 48.5 Å². The van der Waals surface area contributed by atoms with Gasteiger partial charge in [0, 0.05) is 42.5 Å². The zero-order valence-electron chi connectivity index (χ0n) is 44.2. The number of ether oxygens (including phenoxy) is 2. The summed E-state index contributed by atoms with van der Waals surface area (Å²) in [5.41, 5.74) is -2.29. The van der Waals surface area contributed by atoms with Gasteiger partial charge in [-0.1, -0.05) is 21.6 Å². The highest BCUT2D eigenvalue weighted by molar-refractivity contribution is 8.76. The molecule has 0 saturated heterocycles. The Bertz CT molecular complexity index is 2790. The van der Waals surface area contributed by atoms with Gasteiger partial charge in [0.1, 0.15) is 24.7 Å². The van der Waals surface area contributed by atoms with Gasteiger partial charge >= 0.3 is 23.9 Å². The lowest BCUT2D eigenvalue weighted by Gasteiger charge is -2.32. The van der Waals surface area contributed by atoms with E-state index in [1.165, 1.54) is 47.9 Å². The van der Waals surface area contributed by atoms with Crippen molar-refractivity contribution in [2.75, 3.05) is 81.2 Å². The number of nitrogens with zero attached hydrogens (tertiary/aromatic N) is 2. The lowest BCUT2D eigenvalue weighted by atomic mass is 9.92. The van der Waals surface area contributed by atoms with E-state index in [0.717, 1.165) is 45.9 Å². The Balaban J connectivity index is 2.15. The Morgan fingerprint density at radius 3 is 1.51 bits per heavy atom. The SMILES string of the molecule is CC(C)(CCNC(=O)CN(CCN(CC(=O)O)CC(=O)Nc1ccc(S(N)(=O)=O)cc1)CC(=O)Nc1ccc(S(N)(=O)=O)cc1)OCC(C)(C)C(=O)N[C@@H](CC(=O)O)C(=O)N[C@@H](CC(=O)O)C(=O)N[C@@H](CSSCCOC=O)C(=O)O. The smallest absolute Gasteiger partial charge is 0.327 e. The number of primary sulfonamides is 2.